The summed E-state index contributed by atoms with van der Waals surface area (Å²) < 4.78 is 21.0. The molecule has 0 saturated heterocycles. The monoisotopic (exact) mass is 278 g/mol. The van der Waals surface area contributed by atoms with E-state index in [-0.39, 0.29) is 11.9 Å². The summed E-state index contributed by atoms with van der Waals surface area (Å²) in [7, 11) is 3.45. The van der Waals surface area contributed by atoms with Crippen molar-refractivity contribution >= 4 is 0 Å². The van der Waals surface area contributed by atoms with E-state index in [9.17, 15) is 4.39 Å². The zero-order valence-electron chi connectivity index (χ0n) is 11.9. The lowest BCUT2D eigenvalue weighted by Crippen LogP contribution is -2.23. The van der Waals surface area contributed by atoms with Crippen LogP contribution in [0.5, 0.6) is 5.75 Å². The molecule has 0 aliphatic carbocycles. The van der Waals surface area contributed by atoms with Gasteiger partial charge in [-0.25, -0.2) is 4.39 Å². The second kappa shape index (κ2) is 6.47. The molecule has 0 radical (unpaired) electrons. The van der Waals surface area contributed by atoms with E-state index in [0.29, 0.717) is 17.9 Å². The molecule has 6 heteroatoms. The largest absolute Gasteiger partial charge is 0.496 e. The van der Waals surface area contributed by atoms with Crippen molar-refractivity contribution in [3.8, 4) is 5.75 Å². The summed E-state index contributed by atoms with van der Waals surface area (Å²) in [6.07, 6.45) is 2.40. The van der Waals surface area contributed by atoms with Gasteiger partial charge in [-0.3, -0.25) is 0 Å². The SMILES string of the molecule is COc1cccc(F)c1C(C)NCCc1nncn1C. The van der Waals surface area contributed by atoms with Gasteiger partial charge in [-0.2, -0.15) is 0 Å². The average molecular weight is 278 g/mol. The molecule has 5 nitrogen and oxygen atoms in total. The minimum absolute atomic E-state index is 0.139. The first-order valence-electron chi connectivity index (χ1n) is 6.52. The molecule has 0 spiro atoms. The molecule has 1 heterocycles. The zero-order chi connectivity index (χ0) is 14.5. The Hall–Kier alpha value is -1.95. The molecule has 1 unspecified atom stereocenters. The predicted molar refractivity (Wildman–Crippen MR) is 74.1 cm³/mol. The standard InChI is InChI=1S/C14H19FN4O/c1-10(14-11(15)5-4-6-12(14)20-3)16-8-7-13-18-17-9-19(13)2/h4-6,9-10,16H,7-8H2,1-3H3. The summed E-state index contributed by atoms with van der Waals surface area (Å²) in [6.45, 7) is 2.60. The van der Waals surface area contributed by atoms with E-state index in [1.54, 1.807) is 25.6 Å². The lowest BCUT2D eigenvalue weighted by molar-refractivity contribution is 0.394. The second-order valence-corrected chi connectivity index (χ2v) is 4.64. The van der Waals surface area contributed by atoms with Crippen molar-refractivity contribution in [3.05, 3.63) is 41.7 Å². The van der Waals surface area contributed by atoms with Crippen LogP contribution in [0.3, 0.4) is 0 Å². The van der Waals surface area contributed by atoms with Crippen LogP contribution in [0.2, 0.25) is 0 Å². The molecule has 0 bridgehead atoms. The van der Waals surface area contributed by atoms with Gasteiger partial charge in [0.15, 0.2) is 0 Å². The van der Waals surface area contributed by atoms with E-state index in [2.05, 4.69) is 15.5 Å². The topological polar surface area (TPSA) is 52.0 Å². The van der Waals surface area contributed by atoms with Gasteiger partial charge >= 0.3 is 0 Å². The smallest absolute Gasteiger partial charge is 0.133 e. The van der Waals surface area contributed by atoms with Gasteiger partial charge < -0.3 is 14.6 Å². The summed E-state index contributed by atoms with van der Waals surface area (Å²) in [5.41, 5.74) is 0.549. The Labute approximate surface area is 117 Å². The van der Waals surface area contributed by atoms with E-state index >= 15 is 0 Å². The van der Waals surface area contributed by atoms with Crippen molar-refractivity contribution in [2.45, 2.75) is 19.4 Å². The van der Waals surface area contributed by atoms with E-state index in [1.165, 1.54) is 6.07 Å². The fourth-order valence-corrected chi connectivity index (χ4v) is 2.15. The van der Waals surface area contributed by atoms with Crippen molar-refractivity contribution in [3.63, 3.8) is 0 Å². The van der Waals surface area contributed by atoms with Gasteiger partial charge in [-0.1, -0.05) is 6.07 Å². The Balaban J connectivity index is 1.98. The fourth-order valence-electron chi connectivity index (χ4n) is 2.15. The van der Waals surface area contributed by atoms with E-state index < -0.39 is 0 Å². The molecule has 0 aliphatic rings. The van der Waals surface area contributed by atoms with Crippen LogP contribution in [-0.4, -0.2) is 28.4 Å². The average Bonchev–Trinajstić information content (AvgIpc) is 2.84. The number of aromatic nitrogens is 3. The Morgan fingerprint density at radius 3 is 2.90 bits per heavy atom. The van der Waals surface area contributed by atoms with Gasteiger partial charge in [0.25, 0.3) is 0 Å². The first kappa shape index (κ1) is 14.5. The molecule has 2 rings (SSSR count). The zero-order valence-corrected chi connectivity index (χ0v) is 11.9. The van der Waals surface area contributed by atoms with Crippen molar-refractivity contribution in [2.75, 3.05) is 13.7 Å². The Kier molecular flexibility index (Phi) is 4.68. The summed E-state index contributed by atoms with van der Waals surface area (Å²) in [6, 6.07) is 4.71. The van der Waals surface area contributed by atoms with Gasteiger partial charge in [0.05, 0.1) is 7.11 Å². The third-order valence-corrected chi connectivity index (χ3v) is 3.27. The molecule has 1 aromatic carbocycles. The summed E-state index contributed by atoms with van der Waals surface area (Å²) in [5, 5.41) is 11.1. The molecule has 2 aromatic rings. The van der Waals surface area contributed by atoms with E-state index in [4.69, 9.17) is 4.74 Å². The molecule has 0 aliphatic heterocycles. The number of hydrogen-bond donors (Lipinski definition) is 1. The number of benzene rings is 1. The maximum Gasteiger partial charge on any atom is 0.133 e. The van der Waals surface area contributed by atoms with Gasteiger partial charge in [0.2, 0.25) is 0 Å². The molecular formula is C14H19FN4O. The van der Waals surface area contributed by atoms with Crippen molar-refractivity contribution in [2.24, 2.45) is 7.05 Å². The normalized spacial score (nSPS) is 12.4. The van der Waals surface area contributed by atoms with Crippen LogP contribution in [0.1, 0.15) is 24.4 Å². The number of rotatable bonds is 6. The molecule has 1 atom stereocenters. The van der Waals surface area contributed by atoms with Gasteiger partial charge in [0.1, 0.15) is 23.7 Å². The Morgan fingerprint density at radius 2 is 2.25 bits per heavy atom. The predicted octanol–water partition coefficient (Wildman–Crippen LogP) is 1.86. The first-order valence-corrected chi connectivity index (χ1v) is 6.52. The van der Waals surface area contributed by atoms with Crippen molar-refractivity contribution in [1.29, 1.82) is 0 Å². The molecule has 108 valence electrons. The highest BCUT2D eigenvalue weighted by molar-refractivity contribution is 5.36. The highest BCUT2D eigenvalue weighted by atomic mass is 19.1. The molecular weight excluding hydrogens is 259 g/mol. The molecule has 0 fully saturated rings. The van der Waals surface area contributed by atoms with Crippen LogP contribution >= 0.6 is 0 Å². The van der Waals surface area contributed by atoms with Crippen molar-refractivity contribution < 1.29 is 9.13 Å². The second-order valence-electron chi connectivity index (χ2n) is 4.64. The maximum atomic E-state index is 13.9. The third-order valence-electron chi connectivity index (χ3n) is 3.27. The number of nitrogens with zero attached hydrogens (tertiary/aromatic N) is 3. The van der Waals surface area contributed by atoms with E-state index in [0.717, 1.165) is 12.2 Å². The number of halogens is 1. The lowest BCUT2D eigenvalue weighted by atomic mass is 10.1. The van der Waals surface area contributed by atoms with Gasteiger partial charge in [-0.05, 0) is 19.1 Å². The van der Waals surface area contributed by atoms with Crippen LogP contribution < -0.4 is 10.1 Å². The molecule has 0 saturated carbocycles. The van der Waals surface area contributed by atoms with Crippen LogP contribution in [0.25, 0.3) is 0 Å². The quantitative estimate of drug-likeness (QED) is 0.876. The summed E-state index contributed by atoms with van der Waals surface area (Å²) >= 11 is 0. The summed E-state index contributed by atoms with van der Waals surface area (Å²) in [5.74, 6) is 1.19. The number of hydrogen-bond acceptors (Lipinski definition) is 4. The Bertz CT molecular complexity index is 570. The minimum atomic E-state index is -0.261. The minimum Gasteiger partial charge on any atom is -0.496 e. The highest BCUT2D eigenvalue weighted by Gasteiger charge is 2.16. The number of ether oxygens (including phenoxy) is 1. The van der Waals surface area contributed by atoms with Crippen LogP contribution in [0.4, 0.5) is 4.39 Å². The van der Waals surface area contributed by atoms with Crippen LogP contribution in [0, 0.1) is 5.82 Å². The molecule has 1 N–H and O–H groups in total. The Morgan fingerprint density at radius 1 is 1.45 bits per heavy atom. The first-order chi connectivity index (χ1) is 9.63. The van der Waals surface area contributed by atoms with Crippen LogP contribution in [0.15, 0.2) is 24.5 Å². The molecule has 1 aromatic heterocycles. The molecule has 20 heavy (non-hydrogen) atoms. The van der Waals surface area contributed by atoms with E-state index in [1.807, 2.05) is 18.5 Å². The van der Waals surface area contributed by atoms with Gasteiger partial charge in [0, 0.05) is 31.6 Å². The number of aryl methyl sites for hydroxylation is 1. The number of nitrogens with one attached hydrogen (secondary N) is 1. The van der Waals surface area contributed by atoms with Crippen molar-refractivity contribution in [1.82, 2.24) is 20.1 Å². The summed E-state index contributed by atoms with van der Waals surface area (Å²) in [4.78, 5) is 0. The lowest BCUT2D eigenvalue weighted by Gasteiger charge is -2.17. The van der Waals surface area contributed by atoms with Gasteiger partial charge in [-0.15, -0.1) is 10.2 Å². The van der Waals surface area contributed by atoms with Crippen LogP contribution in [-0.2, 0) is 13.5 Å². The molecule has 0 amide bonds. The highest BCUT2D eigenvalue weighted by Crippen LogP contribution is 2.27. The maximum absolute atomic E-state index is 13.9. The fraction of sp³-hybridized carbons (Fsp3) is 0.429. The third kappa shape index (κ3) is 3.14. The number of methoxy groups -OCH3 is 1.